The first-order valence-corrected chi connectivity index (χ1v) is 6.60. The van der Waals surface area contributed by atoms with Crippen LogP contribution >= 0.6 is 0 Å². The zero-order valence-corrected chi connectivity index (χ0v) is 10.4. The predicted molar refractivity (Wildman–Crippen MR) is 62.6 cm³/mol. The van der Waals surface area contributed by atoms with Crippen molar-refractivity contribution in [2.45, 2.75) is 11.1 Å². The Labute approximate surface area is 106 Å². The summed E-state index contributed by atoms with van der Waals surface area (Å²) < 4.78 is 54.1. The predicted octanol–water partition coefficient (Wildman–Crippen LogP) is 1.79. The third-order valence-electron chi connectivity index (χ3n) is 2.10. The monoisotopic (exact) mass is 281 g/mol. The van der Waals surface area contributed by atoms with Crippen molar-refractivity contribution in [3.63, 3.8) is 0 Å². The lowest BCUT2D eigenvalue weighted by atomic mass is 10.2. The van der Waals surface area contributed by atoms with Crippen LogP contribution in [0.15, 0.2) is 29.2 Å². The highest BCUT2D eigenvalue weighted by Gasteiger charge is 2.30. The van der Waals surface area contributed by atoms with E-state index in [1.807, 2.05) is 0 Å². The van der Waals surface area contributed by atoms with Crippen LogP contribution in [0.1, 0.15) is 5.56 Å². The summed E-state index contributed by atoms with van der Waals surface area (Å²) in [6, 6.07) is 4.51. The zero-order valence-electron chi connectivity index (χ0n) is 9.57. The first-order chi connectivity index (χ1) is 8.45. The molecule has 0 aliphatic heterocycles. The molecule has 1 unspecified atom stereocenters. The van der Waals surface area contributed by atoms with E-state index in [1.165, 1.54) is 12.1 Å². The molecule has 0 amide bonds. The summed E-state index contributed by atoms with van der Waals surface area (Å²) in [6.45, 7) is 0.913. The molecule has 0 spiro atoms. The lowest BCUT2D eigenvalue weighted by Gasteiger charge is -2.08. The number of hydrogen-bond acceptors (Lipinski definition) is 3. The van der Waals surface area contributed by atoms with Gasteiger partial charge >= 0.3 is 6.18 Å². The number of halogens is 3. The van der Waals surface area contributed by atoms with E-state index in [1.54, 1.807) is 0 Å². The lowest BCUT2D eigenvalue weighted by molar-refractivity contribution is -0.137. The van der Waals surface area contributed by atoms with Crippen molar-refractivity contribution in [1.29, 1.82) is 0 Å². The van der Waals surface area contributed by atoms with Gasteiger partial charge in [-0.3, -0.25) is 4.21 Å². The highest BCUT2D eigenvalue weighted by molar-refractivity contribution is 7.85. The minimum absolute atomic E-state index is 0.154. The topological polar surface area (TPSA) is 52.3 Å². The summed E-state index contributed by atoms with van der Waals surface area (Å²) in [5.41, 5.74) is 4.40. The molecule has 3 nitrogen and oxygen atoms in total. The highest BCUT2D eigenvalue weighted by atomic mass is 32.2. The smallest absolute Gasteiger partial charge is 0.379 e. The number of rotatable bonds is 6. The molecule has 1 aromatic carbocycles. The van der Waals surface area contributed by atoms with Crippen LogP contribution in [0.25, 0.3) is 0 Å². The molecule has 18 heavy (non-hydrogen) atoms. The Morgan fingerprint density at radius 3 is 2.61 bits per heavy atom. The molecule has 7 heteroatoms. The molecule has 1 atom stereocenters. The van der Waals surface area contributed by atoms with E-state index < -0.39 is 22.5 Å². The highest BCUT2D eigenvalue weighted by Crippen LogP contribution is 2.30. The standard InChI is InChI=1S/C11H14F3NO2S/c12-11(13,14)9-2-1-3-10(8-9)18(16)7-6-17-5-4-15/h1-3,8H,4-7,15H2. The van der Waals surface area contributed by atoms with Crippen LogP contribution in [0.5, 0.6) is 0 Å². The van der Waals surface area contributed by atoms with E-state index in [0.717, 1.165) is 12.1 Å². The summed E-state index contributed by atoms with van der Waals surface area (Å²) in [6.07, 6.45) is -4.42. The summed E-state index contributed by atoms with van der Waals surface area (Å²) in [4.78, 5) is 0.154. The molecule has 0 aliphatic carbocycles. The third-order valence-corrected chi connectivity index (χ3v) is 3.42. The minimum atomic E-state index is -4.42. The van der Waals surface area contributed by atoms with Gasteiger partial charge in [0.05, 0.1) is 35.3 Å². The second-order valence-corrected chi connectivity index (χ2v) is 5.05. The Hall–Kier alpha value is -0.920. The van der Waals surface area contributed by atoms with Crippen LogP contribution in [0.2, 0.25) is 0 Å². The van der Waals surface area contributed by atoms with Gasteiger partial charge in [-0.05, 0) is 18.2 Å². The fourth-order valence-corrected chi connectivity index (χ4v) is 2.25. The Bertz CT molecular complexity index is 410. The van der Waals surface area contributed by atoms with Crippen molar-refractivity contribution < 1.29 is 22.1 Å². The summed E-state index contributed by atoms with van der Waals surface area (Å²) in [5.74, 6) is 0.154. The van der Waals surface area contributed by atoms with Crippen molar-refractivity contribution in [1.82, 2.24) is 0 Å². The number of hydrogen-bond donors (Lipinski definition) is 1. The molecule has 0 radical (unpaired) electrons. The maximum absolute atomic E-state index is 12.4. The molecule has 0 aliphatic rings. The maximum atomic E-state index is 12.4. The van der Waals surface area contributed by atoms with E-state index >= 15 is 0 Å². The van der Waals surface area contributed by atoms with E-state index in [9.17, 15) is 17.4 Å². The van der Waals surface area contributed by atoms with Crippen LogP contribution in [0.3, 0.4) is 0 Å². The molecule has 1 rings (SSSR count). The van der Waals surface area contributed by atoms with Crippen molar-refractivity contribution >= 4 is 10.8 Å². The van der Waals surface area contributed by atoms with Crippen molar-refractivity contribution in [2.24, 2.45) is 5.73 Å². The molecule has 1 aromatic rings. The molecule has 0 heterocycles. The Kier molecular flexibility index (Phi) is 5.77. The molecule has 2 N–H and O–H groups in total. The molecule has 0 aromatic heterocycles. The van der Waals surface area contributed by atoms with Gasteiger partial charge in [0.25, 0.3) is 0 Å². The van der Waals surface area contributed by atoms with Crippen LogP contribution < -0.4 is 5.73 Å². The quantitative estimate of drug-likeness (QED) is 0.809. The van der Waals surface area contributed by atoms with Gasteiger partial charge in [0, 0.05) is 11.4 Å². The van der Waals surface area contributed by atoms with Crippen LogP contribution in [-0.2, 0) is 21.7 Å². The SMILES string of the molecule is NCCOCCS(=O)c1cccc(C(F)(F)F)c1. The number of alkyl halides is 3. The minimum Gasteiger partial charge on any atom is -0.379 e. The Morgan fingerprint density at radius 1 is 1.28 bits per heavy atom. The molecule has 0 fully saturated rings. The van der Waals surface area contributed by atoms with Gasteiger partial charge < -0.3 is 10.5 Å². The molecule has 102 valence electrons. The second kappa shape index (κ2) is 6.86. The van der Waals surface area contributed by atoms with Crippen molar-refractivity contribution in [2.75, 3.05) is 25.5 Å². The molecule has 0 saturated heterocycles. The zero-order chi connectivity index (χ0) is 13.6. The Balaban J connectivity index is 2.63. The fraction of sp³-hybridized carbons (Fsp3) is 0.455. The molecule has 0 bridgehead atoms. The lowest BCUT2D eigenvalue weighted by Crippen LogP contribution is -2.13. The molecular weight excluding hydrogens is 267 g/mol. The first kappa shape index (κ1) is 15.1. The van der Waals surface area contributed by atoms with Crippen molar-refractivity contribution in [3.8, 4) is 0 Å². The van der Waals surface area contributed by atoms with Crippen LogP contribution in [0.4, 0.5) is 13.2 Å². The van der Waals surface area contributed by atoms with E-state index in [2.05, 4.69) is 0 Å². The van der Waals surface area contributed by atoms with Gasteiger partial charge in [0.1, 0.15) is 0 Å². The van der Waals surface area contributed by atoms with Crippen LogP contribution in [-0.4, -0.2) is 29.7 Å². The van der Waals surface area contributed by atoms with E-state index in [0.29, 0.717) is 13.2 Å². The second-order valence-electron chi connectivity index (χ2n) is 3.48. The number of nitrogens with two attached hydrogens (primary N) is 1. The number of ether oxygens (including phenoxy) is 1. The fourth-order valence-electron chi connectivity index (χ4n) is 1.25. The summed E-state index contributed by atoms with van der Waals surface area (Å²) in [7, 11) is -1.50. The average molecular weight is 281 g/mol. The van der Waals surface area contributed by atoms with E-state index in [4.69, 9.17) is 10.5 Å². The normalized spacial score (nSPS) is 13.6. The summed E-state index contributed by atoms with van der Waals surface area (Å²) >= 11 is 0. The van der Waals surface area contributed by atoms with Gasteiger partial charge in [-0.2, -0.15) is 13.2 Å². The Morgan fingerprint density at radius 2 is 2.00 bits per heavy atom. The summed E-state index contributed by atoms with van der Waals surface area (Å²) in [5, 5.41) is 0. The maximum Gasteiger partial charge on any atom is 0.416 e. The van der Waals surface area contributed by atoms with E-state index in [-0.39, 0.29) is 17.3 Å². The van der Waals surface area contributed by atoms with Gasteiger partial charge in [-0.15, -0.1) is 0 Å². The van der Waals surface area contributed by atoms with Gasteiger partial charge in [0.2, 0.25) is 0 Å². The van der Waals surface area contributed by atoms with Gasteiger partial charge in [-0.25, -0.2) is 0 Å². The number of benzene rings is 1. The third kappa shape index (κ3) is 4.75. The average Bonchev–Trinajstić information content (AvgIpc) is 2.33. The largest absolute Gasteiger partial charge is 0.416 e. The first-order valence-electron chi connectivity index (χ1n) is 5.28. The molecule has 0 saturated carbocycles. The van der Waals surface area contributed by atoms with Crippen molar-refractivity contribution in [3.05, 3.63) is 29.8 Å². The van der Waals surface area contributed by atoms with Gasteiger partial charge in [-0.1, -0.05) is 6.07 Å². The molecular formula is C11H14F3NO2S. The van der Waals surface area contributed by atoms with Crippen LogP contribution in [0, 0.1) is 0 Å². The van der Waals surface area contributed by atoms with Gasteiger partial charge in [0.15, 0.2) is 0 Å².